The van der Waals surface area contributed by atoms with Crippen LogP contribution in [0.4, 0.5) is 0 Å². The lowest BCUT2D eigenvalue weighted by Gasteiger charge is -2.37. The van der Waals surface area contributed by atoms with Crippen molar-refractivity contribution in [2.75, 3.05) is 13.1 Å². The molecule has 1 fully saturated rings. The van der Waals surface area contributed by atoms with Gasteiger partial charge in [-0.1, -0.05) is 17.7 Å². The van der Waals surface area contributed by atoms with Crippen molar-refractivity contribution in [3.8, 4) is 0 Å². The number of carbonyl (C=O) groups excluding carboxylic acids is 2. The van der Waals surface area contributed by atoms with Gasteiger partial charge in [0, 0.05) is 31.5 Å². The Morgan fingerprint density at radius 3 is 2.58 bits per heavy atom. The van der Waals surface area contributed by atoms with Crippen LogP contribution in [-0.2, 0) is 9.59 Å². The Labute approximate surface area is 142 Å². The maximum atomic E-state index is 12.4. The van der Waals surface area contributed by atoms with Crippen molar-refractivity contribution in [1.29, 1.82) is 0 Å². The van der Waals surface area contributed by atoms with E-state index in [1.807, 2.05) is 32.0 Å². The highest BCUT2D eigenvalue weighted by atomic mass is 16.4. The van der Waals surface area contributed by atoms with Crippen LogP contribution in [-0.4, -0.2) is 40.8 Å². The van der Waals surface area contributed by atoms with Crippen LogP contribution in [0.5, 0.6) is 0 Å². The number of likely N-dealkylation sites (tertiary alicyclic amines) is 1. The van der Waals surface area contributed by atoms with Crippen molar-refractivity contribution < 1.29 is 19.5 Å². The molecule has 2 rings (SSSR count). The zero-order chi connectivity index (χ0) is 17.9. The van der Waals surface area contributed by atoms with E-state index < -0.39 is 11.4 Å². The molecule has 0 spiro atoms. The van der Waals surface area contributed by atoms with Gasteiger partial charge < -0.3 is 10.0 Å². The molecule has 1 N–H and O–H groups in total. The third-order valence-corrected chi connectivity index (χ3v) is 4.82. The third-order valence-electron chi connectivity index (χ3n) is 4.82. The number of carbonyl (C=O) groups is 3. The van der Waals surface area contributed by atoms with Crippen LogP contribution in [0.3, 0.4) is 0 Å². The summed E-state index contributed by atoms with van der Waals surface area (Å²) in [6.07, 6.45) is 1.54. The number of aryl methyl sites for hydroxylation is 2. The van der Waals surface area contributed by atoms with Crippen molar-refractivity contribution in [1.82, 2.24) is 4.90 Å². The van der Waals surface area contributed by atoms with Crippen LogP contribution in [0, 0.1) is 19.3 Å². The van der Waals surface area contributed by atoms with Crippen LogP contribution < -0.4 is 0 Å². The van der Waals surface area contributed by atoms with E-state index in [1.54, 1.807) is 11.8 Å². The fourth-order valence-corrected chi connectivity index (χ4v) is 3.18. The van der Waals surface area contributed by atoms with Crippen LogP contribution >= 0.6 is 0 Å². The number of nitrogens with zero attached hydrogens (tertiary/aromatic N) is 1. The van der Waals surface area contributed by atoms with Gasteiger partial charge in [0.15, 0.2) is 5.78 Å². The molecule has 1 aromatic carbocycles. The minimum atomic E-state index is -0.884. The molecule has 0 aromatic heterocycles. The summed E-state index contributed by atoms with van der Waals surface area (Å²) in [5.74, 6) is -1.05. The number of hydrogen-bond donors (Lipinski definition) is 1. The molecule has 5 heteroatoms. The minimum absolute atomic E-state index is 0.0393. The Morgan fingerprint density at radius 2 is 1.92 bits per heavy atom. The van der Waals surface area contributed by atoms with Crippen molar-refractivity contribution in [3.05, 3.63) is 34.9 Å². The SMILES string of the molecule is Cc1ccc(C)c(C(=O)CCC(=O)N2CCCC(C)(C(=O)O)C2)c1. The molecule has 5 nitrogen and oxygen atoms in total. The topological polar surface area (TPSA) is 74.7 Å². The van der Waals surface area contributed by atoms with Crippen LogP contribution in [0.1, 0.15) is 54.1 Å². The maximum absolute atomic E-state index is 12.4. The van der Waals surface area contributed by atoms with Crippen molar-refractivity contribution in [2.24, 2.45) is 5.41 Å². The molecule has 24 heavy (non-hydrogen) atoms. The van der Waals surface area contributed by atoms with E-state index in [4.69, 9.17) is 0 Å². The van der Waals surface area contributed by atoms with E-state index in [1.165, 1.54) is 0 Å². The summed E-state index contributed by atoms with van der Waals surface area (Å²) in [4.78, 5) is 37.7. The summed E-state index contributed by atoms with van der Waals surface area (Å²) in [7, 11) is 0. The highest BCUT2D eigenvalue weighted by molar-refractivity contribution is 5.99. The van der Waals surface area contributed by atoms with Crippen LogP contribution in [0.25, 0.3) is 0 Å². The minimum Gasteiger partial charge on any atom is -0.481 e. The van der Waals surface area contributed by atoms with Gasteiger partial charge in [-0.2, -0.15) is 0 Å². The second-order valence-corrected chi connectivity index (χ2v) is 7.03. The first-order valence-corrected chi connectivity index (χ1v) is 8.34. The molecule has 1 unspecified atom stereocenters. The fraction of sp³-hybridized carbons (Fsp3) is 0.526. The quantitative estimate of drug-likeness (QED) is 0.842. The standard InChI is InChI=1S/C19H25NO4/c1-13-5-6-14(2)15(11-13)16(21)7-8-17(22)20-10-4-9-19(3,12-20)18(23)24/h5-6,11H,4,7-10,12H2,1-3H3,(H,23,24). The number of carboxylic acid groups (broad SMARTS) is 1. The van der Waals surface area contributed by atoms with E-state index in [2.05, 4.69) is 0 Å². The number of ketones is 1. The Kier molecular flexibility index (Phi) is 5.42. The lowest BCUT2D eigenvalue weighted by Crippen LogP contribution is -2.48. The van der Waals surface area contributed by atoms with Crippen molar-refractivity contribution in [3.63, 3.8) is 0 Å². The second-order valence-electron chi connectivity index (χ2n) is 7.03. The summed E-state index contributed by atoms with van der Waals surface area (Å²) in [6, 6.07) is 5.72. The molecular formula is C19H25NO4. The molecule has 0 bridgehead atoms. The molecule has 0 aliphatic carbocycles. The third kappa shape index (κ3) is 4.02. The van der Waals surface area contributed by atoms with Gasteiger partial charge in [0.1, 0.15) is 0 Å². The predicted octanol–water partition coefficient (Wildman–Crippen LogP) is 2.98. The summed E-state index contributed by atoms with van der Waals surface area (Å²) in [6.45, 7) is 6.29. The van der Waals surface area contributed by atoms with Gasteiger partial charge in [0.25, 0.3) is 0 Å². The van der Waals surface area contributed by atoms with Gasteiger partial charge in [-0.15, -0.1) is 0 Å². The molecule has 1 heterocycles. The first-order valence-electron chi connectivity index (χ1n) is 8.34. The van der Waals surface area contributed by atoms with E-state index in [-0.39, 0.29) is 31.1 Å². The maximum Gasteiger partial charge on any atom is 0.311 e. The number of rotatable bonds is 5. The Morgan fingerprint density at radius 1 is 1.21 bits per heavy atom. The number of amides is 1. The molecule has 1 aliphatic heterocycles. The Bertz CT molecular complexity index is 667. The summed E-state index contributed by atoms with van der Waals surface area (Å²) < 4.78 is 0. The van der Waals surface area contributed by atoms with Crippen molar-refractivity contribution >= 4 is 17.7 Å². The number of Topliss-reactive ketones (excluding diaryl/α,β-unsaturated/α-hetero) is 1. The number of hydrogen-bond acceptors (Lipinski definition) is 3. The first-order chi connectivity index (χ1) is 11.2. The molecule has 1 aliphatic rings. The van der Waals surface area contributed by atoms with E-state index >= 15 is 0 Å². The Balaban J connectivity index is 1.96. The number of piperidine rings is 1. The van der Waals surface area contributed by atoms with E-state index in [9.17, 15) is 19.5 Å². The van der Waals surface area contributed by atoms with Gasteiger partial charge in [-0.3, -0.25) is 14.4 Å². The van der Waals surface area contributed by atoms with Crippen molar-refractivity contribution in [2.45, 2.75) is 46.5 Å². The summed E-state index contributed by atoms with van der Waals surface area (Å²) in [5.41, 5.74) is 1.71. The number of carboxylic acids is 1. The average molecular weight is 331 g/mol. The van der Waals surface area contributed by atoms with Gasteiger partial charge in [-0.05, 0) is 45.2 Å². The molecule has 1 saturated heterocycles. The molecular weight excluding hydrogens is 306 g/mol. The van der Waals surface area contributed by atoms with Crippen LogP contribution in [0.2, 0.25) is 0 Å². The fourth-order valence-electron chi connectivity index (χ4n) is 3.18. The normalized spacial score (nSPS) is 20.7. The zero-order valence-corrected chi connectivity index (χ0v) is 14.6. The number of benzene rings is 1. The van der Waals surface area contributed by atoms with E-state index in [0.29, 0.717) is 24.9 Å². The predicted molar refractivity (Wildman–Crippen MR) is 91.0 cm³/mol. The molecule has 0 saturated carbocycles. The first kappa shape index (κ1) is 18.2. The molecule has 1 atom stereocenters. The molecule has 1 amide bonds. The average Bonchev–Trinajstić information content (AvgIpc) is 2.54. The smallest absolute Gasteiger partial charge is 0.311 e. The zero-order valence-electron chi connectivity index (χ0n) is 14.6. The van der Waals surface area contributed by atoms with Crippen LogP contribution in [0.15, 0.2) is 18.2 Å². The van der Waals surface area contributed by atoms with Gasteiger partial charge in [-0.25, -0.2) is 0 Å². The highest BCUT2D eigenvalue weighted by Crippen LogP contribution is 2.30. The summed E-state index contributed by atoms with van der Waals surface area (Å²) >= 11 is 0. The molecule has 1 aromatic rings. The second kappa shape index (κ2) is 7.16. The number of aliphatic carboxylic acids is 1. The largest absolute Gasteiger partial charge is 0.481 e. The van der Waals surface area contributed by atoms with Gasteiger partial charge >= 0.3 is 5.97 Å². The molecule has 130 valence electrons. The lowest BCUT2D eigenvalue weighted by molar-refractivity contribution is -0.153. The monoisotopic (exact) mass is 331 g/mol. The van der Waals surface area contributed by atoms with Gasteiger partial charge in [0.05, 0.1) is 5.41 Å². The van der Waals surface area contributed by atoms with E-state index in [0.717, 1.165) is 11.1 Å². The highest BCUT2D eigenvalue weighted by Gasteiger charge is 2.39. The molecule has 0 radical (unpaired) electrons. The van der Waals surface area contributed by atoms with Gasteiger partial charge in [0.2, 0.25) is 5.91 Å². The lowest BCUT2D eigenvalue weighted by atomic mass is 9.82. The Hall–Kier alpha value is -2.17. The summed E-state index contributed by atoms with van der Waals surface area (Å²) in [5, 5.41) is 9.33.